The van der Waals surface area contributed by atoms with Crippen LogP contribution in [0.5, 0.6) is 0 Å². The molecule has 0 spiro atoms. The highest BCUT2D eigenvalue weighted by Crippen LogP contribution is 2.30. The summed E-state index contributed by atoms with van der Waals surface area (Å²) < 4.78 is 11.2. The molecule has 2 fully saturated rings. The van der Waals surface area contributed by atoms with E-state index in [1.165, 1.54) is 13.8 Å². The van der Waals surface area contributed by atoms with Crippen molar-refractivity contribution in [2.45, 2.75) is 25.8 Å². The van der Waals surface area contributed by atoms with E-state index in [-0.39, 0.29) is 0 Å². The lowest BCUT2D eigenvalue weighted by molar-refractivity contribution is -0.291. The fraction of sp³-hybridized carbons (Fsp3) is 0.867. The lowest BCUT2D eigenvalue weighted by Gasteiger charge is -2.53. The van der Waals surface area contributed by atoms with E-state index in [1.54, 1.807) is 0 Å². The molecular formula is C15H28N4O5. The molecule has 9 nitrogen and oxygen atoms in total. The maximum atomic E-state index is 11.9. The van der Waals surface area contributed by atoms with Gasteiger partial charge in [-0.05, 0) is 0 Å². The Kier molecular flexibility index (Phi) is 6.93. The average Bonchev–Trinajstić information content (AvgIpc) is 2.48. The van der Waals surface area contributed by atoms with E-state index in [1.807, 2.05) is 9.80 Å². The SMILES string of the molecule is CC(=O)OC(CO)C1(OC(C)=O)N2CCNCCN1CCNCC2. The van der Waals surface area contributed by atoms with Gasteiger partial charge in [0.1, 0.15) is 0 Å². The summed E-state index contributed by atoms with van der Waals surface area (Å²) in [7, 11) is 0. The summed E-state index contributed by atoms with van der Waals surface area (Å²) in [5, 5.41) is 16.6. The van der Waals surface area contributed by atoms with Crippen LogP contribution in [-0.4, -0.2) is 97.8 Å². The Balaban J connectivity index is 2.49. The third-order valence-electron chi connectivity index (χ3n) is 4.33. The third kappa shape index (κ3) is 4.22. The van der Waals surface area contributed by atoms with Crippen molar-refractivity contribution in [1.29, 1.82) is 0 Å². The fourth-order valence-electron chi connectivity index (χ4n) is 3.42. The number of nitrogens with zero attached hydrogens (tertiary/aromatic N) is 2. The number of ether oxygens (including phenoxy) is 2. The number of rotatable bonds is 4. The Labute approximate surface area is 142 Å². The Morgan fingerprint density at radius 3 is 1.79 bits per heavy atom. The summed E-state index contributed by atoms with van der Waals surface area (Å²) in [5.41, 5.74) is 0. The van der Waals surface area contributed by atoms with E-state index in [9.17, 15) is 14.7 Å². The molecule has 2 saturated heterocycles. The molecule has 138 valence electrons. The van der Waals surface area contributed by atoms with Crippen molar-refractivity contribution in [1.82, 2.24) is 20.4 Å². The highest BCUT2D eigenvalue weighted by Gasteiger charge is 2.54. The maximum absolute atomic E-state index is 11.9. The van der Waals surface area contributed by atoms with Gasteiger partial charge >= 0.3 is 11.9 Å². The van der Waals surface area contributed by atoms with E-state index in [0.29, 0.717) is 26.2 Å². The highest BCUT2D eigenvalue weighted by molar-refractivity contribution is 5.67. The van der Waals surface area contributed by atoms with Crippen LogP contribution in [0.4, 0.5) is 0 Å². The molecule has 0 aromatic heterocycles. The first-order valence-corrected chi connectivity index (χ1v) is 8.40. The Morgan fingerprint density at radius 1 is 1.00 bits per heavy atom. The van der Waals surface area contributed by atoms with Gasteiger partial charge in [0.25, 0.3) is 5.85 Å². The first-order valence-electron chi connectivity index (χ1n) is 8.40. The molecular weight excluding hydrogens is 316 g/mol. The molecule has 1 atom stereocenters. The Morgan fingerprint density at radius 2 is 1.46 bits per heavy atom. The molecule has 0 radical (unpaired) electrons. The molecule has 2 bridgehead atoms. The predicted octanol–water partition coefficient (Wildman–Crippen LogP) is -2.06. The van der Waals surface area contributed by atoms with Crippen LogP contribution in [0.25, 0.3) is 0 Å². The number of carbonyl (C=O) groups excluding carboxylic acids is 2. The first kappa shape index (κ1) is 19.1. The quantitative estimate of drug-likeness (QED) is 0.497. The number of carbonyl (C=O) groups is 2. The molecule has 9 heteroatoms. The second-order valence-electron chi connectivity index (χ2n) is 6.01. The summed E-state index contributed by atoms with van der Waals surface area (Å²) in [6, 6.07) is 0. The van der Waals surface area contributed by atoms with Gasteiger partial charge in [-0.15, -0.1) is 0 Å². The van der Waals surface area contributed by atoms with Crippen molar-refractivity contribution < 1.29 is 24.2 Å². The second-order valence-corrected chi connectivity index (χ2v) is 6.01. The van der Waals surface area contributed by atoms with Gasteiger partial charge in [0.15, 0.2) is 6.10 Å². The van der Waals surface area contributed by atoms with Crippen LogP contribution in [0.15, 0.2) is 0 Å². The summed E-state index contributed by atoms with van der Waals surface area (Å²) in [4.78, 5) is 27.4. The van der Waals surface area contributed by atoms with Crippen LogP contribution in [-0.2, 0) is 19.1 Å². The molecule has 0 aliphatic carbocycles. The van der Waals surface area contributed by atoms with E-state index in [4.69, 9.17) is 9.47 Å². The fourth-order valence-corrected chi connectivity index (χ4v) is 3.42. The van der Waals surface area contributed by atoms with Crippen molar-refractivity contribution in [3.05, 3.63) is 0 Å². The molecule has 2 aliphatic rings. The van der Waals surface area contributed by atoms with Crippen LogP contribution in [0.3, 0.4) is 0 Å². The normalized spacial score (nSPS) is 32.5. The van der Waals surface area contributed by atoms with Gasteiger partial charge in [0.05, 0.1) is 6.61 Å². The smallest absolute Gasteiger partial charge is 0.305 e. The monoisotopic (exact) mass is 344 g/mol. The zero-order valence-corrected chi connectivity index (χ0v) is 14.4. The predicted molar refractivity (Wildman–Crippen MR) is 86.0 cm³/mol. The minimum absolute atomic E-state index is 0.430. The zero-order valence-electron chi connectivity index (χ0n) is 14.4. The van der Waals surface area contributed by atoms with Crippen molar-refractivity contribution in [3.8, 4) is 0 Å². The van der Waals surface area contributed by atoms with Crippen LogP contribution in [0, 0.1) is 0 Å². The molecule has 3 N–H and O–H groups in total. The second kappa shape index (κ2) is 8.72. The molecule has 2 aliphatic heterocycles. The number of hydrogen-bond acceptors (Lipinski definition) is 9. The molecule has 0 aromatic rings. The van der Waals surface area contributed by atoms with E-state index >= 15 is 0 Å². The first-order chi connectivity index (χ1) is 11.5. The Bertz CT molecular complexity index is 418. The summed E-state index contributed by atoms with van der Waals surface area (Å²) in [6.07, 6.45) is -0.977. The lowest BCUT2D eigenvalue weighted by Crippen LogP contribution is -2.74. The molecule has 2 heterocycles. The standard InChI is InChI=1S/C15H28N4O5/c1-12(21)23-14(11-20)15(24-13(2)22)18-7-3-16-4-8-19(15)10-6-17-5-9-18/h14,16-17,20H,3-11H2,1-2H3. The van der Waals surface area contributed by atoms with Crippen molar-refractivity contribution in [2.24, 2.45) is 0 Å². The van der Waals surface area contributed by atoms with E-state index in [0.717, 1.165) is 26.2 Å². The minimum atomic E-state index is -1.30. The van der Waals surface area contributed by atoms with Gasteiger partial charge in [-0.2, -0.15) is 0 Å². The van der Waals surface area contributed by atoms with Gasteiger partial charge in [0.2, 0.25) is 0 Å². The van der Waals surface area contributed by atoms with E-state index in [2.05, 4.69) is 10.6 Å². The van der Waals surface area contributed by atoms with Crippen molar-refractivity contribution in [3.63, 3.8) is 0 Å². The molecule has 1 unspecified atom stereocenters. The van der Waals surface area contributed by atoms with Crippen molar-refractivity contribution in [2.75, 3.05) is 59.0 Å². The van der Waals surface area contributed by atoms with Crippen LogP contribution in [0.1, 0.15) is 13.8 Å². The van der Waals surface area contributed by atoms with E-state index < -0.39 is 30.5 Å². The average molecular weight is 344 g/mol. The molecule has 0 aromatic carbocycles. The number of fused-ring (bicyclic) bond motifs is 2. The number of aliphatic hydroxyl groups is 1. The van der Waals surface area contributed by atoms with Gasteiger partial charge in [-0.3, -0.25) is 9.59 Å². The number of esters is 2. The lowest BCUT2D eigenvalue weighted by atomic mass is 10.1. The third-order valence-corrected chi connectivity index (χ3v) is 4.33. The number of nitrogens with one attached hydrogen (secondary N) is 2. The molecule has 2 rings (SSSR count). The topological polar surface area (TPSA) is 103 Å². The maximum Gasteiger partial charge on any atom is 0.305 e. The Hall–Kier alpha value is -1.26. The van der Waals surface area contributed by atoms with Crippen LogP contribution >= 0.6 is 0 Å². The molecule has 0 amide bonds. The number of hydrogen-bond donors (Lipinski definition) is 3. The highest BCUT2D eigenvalue weighted by atomic mass is 16.6. The van der Waals surface area contributed by atoms with Gasteiger partial charge in [0, 0.05) is 66.2 Å². The summed E-state index contributed by atoms with van der Waals surface area (Å²) in [5.74, 6) is -2.29. The largest absolute Gasteiger partial charge is 0.453 e. The van der Waals surface area contributed by atoms with Gasteiger partial charge < -0.3 is 25.2 Å². The minimum Gasteiger partial charge on any atom is -0.453 e. The summed E-state index contributed by atoms with van der Waals surface area (Å²) >= 11 is 0. The van der Waals surface area contributed by atoms with Gasteiger partial charge in [-0.25, -0.2) is 9.80 Å². The molecule has 0 saturated carbocycles. The van der Waals surface area contributed by atoms with Crippen molar-refractivity contribution >= 4 is 11.9 Å². The molecule has 24 heavy (non-hydrogen) atoms. The summed E-state index contributed by atoms with van der Waals surface area (Å²) in [6.45, 7) is 7.46. The number of aliphatic hydroxyl groups excluding tert-OH is 1. The van der Waals surface area contributed by atoms with Gasteiger partial charge in [-0.1, -0.05) is 0 Å². The van der Waals surface area contributed by atoms with Crippen LogP contribution < -0.4 is 10.6 Å². The zero-order chi connectivity index (χ0) is 17.6. The van der Waals surface area contributed by atoms with Crippen LogP contribution in [0.2, 0.25) is 0 Å².